The third-order valence-corrected chi connectivity index (χ3v) is 2.54. The van der Waals surface area contributed by atoms with Gasteiger partial charge in [0.25, 0.3) is 0 Å². The molecule has 0 bridgehead atoms. The fourth-order valence-corrected chi connectivity index (χ4v) is 1.46. The number of esters is 2. The fraction of sp³-hybridized carbons (Fsp3) is 0.538. The molecule has 0 aliphatic carbocycles. The third kappa shape index (κ3) is 7.08. The van der Waals surface area contributed by atoms with Crippen molar-refractivity contribution < 1.29 is 45.4 Å². The van der Waals surface area contributed by atoms with Crippen molar-refractivity contribution in [3.63, 3.8) is 0 Å². The van der Waals surface area contributed by atoms with Gasteiger partial charge in [-0.3, -0.25) is 0 Å². The van der Waals surface area contributed by atoms with Crippen LogP contribution in [0.15, 0.2) is 12.7 Å². The summed E-state index contributed by atoms with van der Waals surface area (Å²) < 4.78 is 80.6. The molecule has 0 aromatic heterocycles. The lowest BCUT2D eigenvalue weighted by Crippen LogP contribution is -2.38. The van der Waals surface area contributed by atoms with E-state index in [0.717, 1.165) is 6.08 Å². The number of allylic oxidation sites excluding steroid dienone is 1. The van der Waals surface area contributed by atoms with Crippen molar-refractivity contribution >= 4 is 11.9 Å². The van der Waals surface area contributed by atoms with Crippen molar-refractivity contribution in [1.82, 2.24) is 0 Å². The molecule has 0 aliphatic rings. The second-order valence-corrected chi connectivity index (χ2v) is 4.52. The molecule has 130 valence electrons. The molecule has 10 heteroatoms. The van der Waals surface area contributed by atoms with Crippen LogP contribution in [0.3, 0.4) is 0 Å². The van der Waals surface area contributed by atoms with E-state index in [1.54, 1.807) is 0 Å². The zero-order valence-electron chi connectivity index (χ0n) is 11.6. The number of hydrogen-bond acceptors (Lipinski definition) is 4. The Bertz CT molecular complexity index is 456. The topological polar surface area (TPSA) is 52.6 Å². The monoisotopic (exact) mass is 346 g/mol. The maximum Gasteiger partial charge on any atom is 0.490 e. The molecule has 0 aromatic rings. The average molecular weight is 346 g/mol. The van der Waals surface area contributed by atoms with Gasteiger partial charge in [0.2, 0.25) is 0 Å². The number of terminal acetylenes is 1. The molecular weight excluding hydrogens is 334 g/mol. The van der Waals surface area contributed by atoms with Crippen LogP contribution >= 0.6 is 0 Å². The minimum Gasteiger partial charge on any atom is -0.458 e. The summed E-state index contributed by atoms with van der Waals surface area (Å²) in [5.74, 6) is -3.05. The normalized spacial score (nSPS) is 12.2. The molecule has 0 heterocycles. The quantitative estimate of drug-likeness (QED) is 0.308. The standard InChI is InChI=1S/C13H12F6O4/c1-3-5-11(6-4-2,7-22-9(20)12(14,15)16)8-23-10(21)13(17,18)19/h1,4H,2,5-8H2. The van der Waals surface area contributed by atoms with Gasteiger partial charge in [0.1, 0.15) is 13.2 Å². The zero-order chi connectivity index (χ0) is 18.3. The van der Waals surface area contributed by atoms with Gasteiger partial charge in [0.15, 0.2) is 0 Å². The van der Waals surface area contributed by atoms with Crippen molar-refractivity contribution in [3.05, 3.63) is 12.7 Å². The van der Waals surface area contributed by atoms with Crippen LogP contribution in [-0.4, -0.2) is 37.5 Å². The summed E-state index contributed by atoms with van der Waals surface area (Å²) in [6.45, 7) is 1.30. The summed E-state index contributed by atoms with van der Waals surface area (Å²) in [7, 11) is 0. The molecular formula is C13H12F6O4. The Hall–Kier alpha value is -2.18. The highest BCUT2D eigenvalue weighted by molar-refractivity contribution is 5.76. The Balaban J connectivity index is 5.09. The van der Waals surface area contributed by atoms with Gasteiger partial charge in [-0.2, -0.15) is 26.3 Å². The number of carbonyl (C=O) groups excluding carboxylic acids is 2. The second-order valence-electron chi connectivity index (χ2n) is 4.52. The van der Waals surface area contributed by atoms with Crippen LogP contribution in [0.25, 0.3) is 0 Å². The Morgan fingerprint density at radius 2 is 1.39 bits per heavy atom. The highest BCUT2D eigenvalue weighted by Crippen LogP contribution is 2.30. The van der Waals surface area contributed by atoms with Gasteiger partial charge in [-0.05, 0) is 6.42 Å². The molecule has 0 atom stereocenters. The van der Waals surface area contributed by atoms with Crippen LogP contribution in [-0.2, 0) is 19.1 Å². The van der Waals surface area contributed by atoms with Crippen LogP contribution in [0.1, 0.15) is 12.8 Å². The van der Waals surface area contributed by atoms with E-state index in [9.17, 15) is 35.9 Å². The molecule has 23 heavy (non-hydrogen) atoms. The molecule has 0 amide bonds. The summed E-state index contributed by atoms with van der Waals surface area (Å²) in [5, 5.41) is 0. The Morgan fingerprint density at radius 1 is 1.00 bits per heavy atom. The van der Waals surface area contributed by atoms with E-state index in [1.165, 1.54) is 0 Å². The van der Waals surface area contributed by atoms with Gasteiger partial charge in [-0.15, -0.1) is 18.9 Å². The predicted octanol–water partition coefficient (Wildman–Crippen LogP) is 2.78. The summed E-state index contributed by atoms with van der Waals surface area (Å²) in [4.78, 5) is 21.4. The van der Waals surface area contributed by atoms with Crippen LogP contribution in [0.2, 0.25) is 0 Å². The molecule has 0 unspecified atom stereocenters. The molecule has 0 radical (unpaired) electrons. The smallest absolute Gasteiger partial charge is 0.458 e. The van der Waals surface area contributed by atoms with E-state index in [1.807, 2.05) is 5.92 Å². The molecule has 0 aromatic carbocycles. The predicted molar refractivity (Wildman–Crippen MR) is 64.7 cm³/mol. The maximum atomic E-state index is 12.1. The van der Waals surface area contributed by atoms with Crippen LogP contribution in [0.4, 0.5) is 26.3 Å². The third-order valence-electron chi connectivity index (χ3n) is 2.54. The van der Waals surface area contributed by atoms with Crippen LogP contribution in [0.5, 0.6) is 0 Å². The van der Waals surface area contributed by atoms with Crippen molar-refractivity contribution in [2.24, 2.45) is 5.41 Å². The molecule has 0 N–H and O–H groups in total. The van der Waals surface area contributed by atoms with E-state index < -0.39 is 49.3 Å². The minimum absolute atomic E-state index is 0.243. The summed E-state index contributed by atoms with van der Waals surface area (Å²) in [5.41, 5.74) is -1.64. The molecule has 0 aliphatic heterocycles. The number of ether oxygens (including phenoxy) is 2. The number of rotatable bonds is 7. The average Bonchev–Trinajstić information content (AvgIpc) is 2.40. The summed E-state index contributed by atoms with van der Waals surface area (Å²) in [6.07, 6.45) is -5.05. The largest absolute Gasteiger partial charge is 0.490 e. The van der Waals surface area contributed by atoms with Gasteiger partial charge in [-0.1, -0.05) is 6.08 Å². The van der Waals surface area contributed by atoms with Crippen molar-refractivity contribution in [2.45, 2.75) is 25.2 Å². The van der Waals surface area contributed by atoms with E-state index in [-0.39, 0.29) is 6.42 Å². The summed E-state index contributed by atoms with van der Waals surface area (Å²) >= 11 is 0. The van der Waals surface area contributed by atoms with Crippen LogP contribution < -0.4 is 0 Å². The first-order chi connectivity index (χ1) is 10.4. The van der Waals surface area contributed by atoms with E-state index in [4.69, 9.17) is 6.42 Å². The van der Waals surface area contributed by atoms with Crippen molar-refractivity contribution in [2.75, 3.05) is 13.2 Å². The van der Waals surface area contributed by atoms with E-state index >= 15 is 0 Å². The SMILES string of the molecule is C#CCC(CC=C)(COC(=O)C(F)(F)F)COC(=O)C(F)(F)F. The summed E-state index contributed by atoms with van der Waals surface area (Å²) in [6, 6.07) is 0. The first-order valence-corrected chi connectivity index (χ1v) is 5.90. The van der Waals surface area contributed by atoms with Crippen molar-refractivity contribution in [3.8, 4) is 12.3 Å². The van der Waals surface area contributed by atoms with E-state index in [2.05, 4.69) is 16.1 Å². The van der Waals surface area contributed by atoms with E-state index in [0.29, 0.717) is 0 Å². The number of alkyl halides is 6. The second kappa shape index (κ2) is 7.89. The highest BCUT2D eigenvalue weighted by atomic mass is 19.4. The lowest BCUT2D eigenvalue weighted by molar-refractivity contribution is -0.209. The highest BCUT2D eigenvalue weighted by Gasteiger charge is 2.45. The van der Waals surface area contributed by atoms with Crippen LogP contribution in [0, 0.1) is 17.8 Å². The zero-order valence-corrected chi connectivity index (χ0v) is 11.6. The molecule has 4 nitrogen and oxygen atoms in total. The number of halogens is 6. The molecule has 0 fully saturated rings. The number of carbonyl (C=O) groups is 2. The first-order valence-electron chi connectivity index (χ1n) is 5.90. The molecule has 0 saturated carbocycles. The Morgan fingerprint density at radius 3 is 1.65 bits per heavy atom. The van der Waals surface area contributed by atoms with Gasteiger partial charge in [-0.25, -0.2) is 9.59 Å². The maximum absolute atomic E-state index is 12.1. The Labute approximate surface area is 127 Å². The lowest BCUT2D eigenvalue weighted by Gasteiger charge is -2.30. The Kier molecular flexibility index (Phi) is 7.15. The first kappa shape index (κ1) is 20.8. The molecule has 0 saturated heterocycles. The number of hydrogen-bond donors (Lipinski definition) is 0. The van der Waals surface area contributed by atoms with Gasteiger partial charge < -0.3 is 9.47 Å². The lowest BCUT2D eigenvalue weighted by atomic mass is 9.83. The van der Waals surface area contributed by atoms with Gasteiger partial charge in [0, 0.05) is 6.42 Å². The van der Waals surface area contributed by atoms with Gasteiger partial charge >= 0.3 is 24.3 Å². The van der Waals surface area contributed by atoms with Crippen molar-refractivity contribution in [1.29, 1.82) is 0 Å². The fourth-order valence-electron chi connectivity index (χ4n) is 1.46. The van der Waals surface area contributed by atoms with Gasteiger partial charge in [0.05, 0.1) is 5.41 Å². The molecule has 0 rings (SSSR count). The molecule has 0 spiro atoms. The minimum atomic E-state index is -5.28.